The largest absolute Gasteiger partial charge is 0.453 e. The number of aromatic nitrogens is 4. The summed E-state index contributed by atoms with van der Waals surface area (Å²) < 4.78 is 27.1. The van der Waals surface area contributed by atoms with Crippen molar-refractivity contribution >= 4 is 23.0 Å². The Hall–Kier alpha value is -2.81. The fourth-order valence-corrected chi connectivity index (χ4v) is 4.12. The van der Waals surface area contributed by atoms with Gasteiger partial charge in [0.1, 0.15) is 11.8 Å². The van der Waals surface area contributed by atoms with E-state index in [2.05, 4.69) is 21.9 Å². The molecular weight excluding hydrogens is 409 g/mol. The summed E-state index contributed by atoms with van der Waals surface area (Å²) in [7, 11) is 0. The summed E-state index contributed by atoms with van der Waals surface area (Å²) in [6.07, 6.45) is 9.08. The Morgan fingerprint density at radius 1 is 1.35 bits per heavy atom. The van der Waals surface area contributed by atoms with Gasteiger partial charge >= 0.3 is 5.97 Å². The molecule has 4 N–H and O–H groups in total. The molecular formula is C20H24FN5O5. The highest BCUT2D eigenvalue weighted by Crippen LogP contribution is 2.69. The van der Waals surface area contributed by atoms with Crippen LogP contribution in [-0.2, 0) is 14.3 Å². The number of ether oxygens (including phenoxy) is 2. The SMILES string of the molecule is C#C[C@]1(O)[C@H](n2cnc3c(N)ncnc32)O[C@]2(F)C(OC(=O)CCCCCCC)[C@@]21O. The maximum absolute atomic E-state index is 15.5. The van der Waals surface area contributed by atoms with Crippen molar-refractivity contribution in [1.29, 1.82) is 0 Å². The van der Waals surface area contributed by atoms with Gasteiger partial charge in [0.25, 0.3) is 5.85 Å². The first-order valence-electron chi connectivity index (χ1n) is 10.2. The molecule has 1 saturated heterocycles. The van der Waals surface area contributed by atoms with Crippen molar-refractivity contribution in [1.82, 2.24) is 19.5 Å². The lowest BCUT2D eigenvalue weighted by atomic mass is 9.93. The molecule has 2 aliphatic rings. The second-order valence-electron chi connectivity index (χ2n) is 7.91. The van der Waals surface area contributed by atoms with Crippen LogP contribution in [0.5, 0.6) is 0 Å². The molecule has 4 rings (SSSR count). The summed E-state index contributed by atoms with van der Waals surface area (Å²) in [4.78, 5) is 24.0. The molecule has 2 aromatic rings. The quantitative estimate of drug-likeness (QED) is 0.315. The van der Waals surface area contributed by atoms with Gasteiger partial charge in [0.05, 0.1) is 6.33 Å². The van der Waals surface area contributed by atoms with Crippen molar-refractivity contribution in [3.05, 3.63) is 12.7 Å². The fourth-order valence-electron chi connectivity index (χ4n) is 4.12. The summed E-state index contributed by atoms with van der Waals surface area (Å²) >= 11 is 0. The van der Waals surface area contributed by atoms with E-state index in [0.717, 1.165) is 36.6 Å². The summed E-state index contributed by atoms with van der Waals surface area (Å²) in [5.74, 6) is -1.51. The highest BCUT2D eigenvalue weighted by Gasteiger charge is 2.97. The lowest BCUT2D eigenvalue weighted by Crippen LogP contribution is -2.50. The summed E-state index contributed by atoms with van der Waals surface area (Å²) in [6, 6.07) is 0. The van der Waals surface area contributed by atoms with Crippen LogP contribution in [0.3, 0.4) is 0 Å². The minimum Gasteiger partial charge on any atom is -0.453 e. The Labute approximate surface area is 177 Å². The van der Waals surface area contributed by atoms with Crippen molar-refractivity contribution in [3.63, 3.8) is 0 Å². The molecule has 2 aromatic heterocycles. The Balaban J connectivity index is 1.52. The normalized spacial score (nSPS) is 33.8. The van der Waals surface area contributed by atoms with Gasteiger partial charge in [-0.2, -0.15) is 0 Å². The third-order valence-corrected chi connectivity index (χ3v) is 5.97. The number of imidazole rings is 1. The van der Waals surface area contributed by atoms with E-state index in [1.807, 2.05) is 5.92 Å². The smallest absolute Gasteiger partial charge is 0.306 e. The first kappa shape index (κ1) is 21.4. The molecule has 166 valence electrons. The van der Waals surface area contributed by atoms with Gasteiger partial charge in [-0.1, -0.05) is 38.5 Å². The summed E-state index contributed by atoms with van der Waals surface area (Å²) in [5.41, 5.74) is 0.851. The monoisotopic (exact) mass is 433 g/mol. The van der Waals surface area contributed by atoms with E-state index in [9.17, 15) is 15.0 Å². The zero-order chi connectivity index (χ0) is 22.4. The average Bonchev–Trinajstić information content (AvgIpc) is 3.04. The molecule has 3 heterocycles. The van der Waals surface area contributed by atoms with Crippen molar-refractivity contribution < 1.29 is 28.9 Å². The fraction of sp³-hybridized carbons (Fsp3) is 0.600. The Morgan fingerprint density at radius 2 is 2.10 bits per heavy atom. The number of terminal acetylenes is 1. The number of nitrogen functional groups attached to an aromatic ring is 1. The van der Waals surface area contributed by atoms with Crippen LogP contribution >= 0.6 is 0 Å². The number of nitrogens with two attached hydrogens (primary N) is 1. The Kier molecular flexibility index (Phi) is 5.12. The van der Waals surface area contributed by atoms with E-state index in [4.69, 9.17) is 21.6 Å². The lowest BCUT2D eigenvalue weighted by molar-refractivity contribution is -0.186. The van der Waals surface area contributed by atoms with Crippen LogP contribution in [0.15, 0.2) is 12.7 Å². The zero-order valence-corrected chi connectivity index (χ0v) is 17.0. The van der Waals surface area contributed by atoms with E-state index in [1.54, 1.807) is 0 Å². The number of hydrogen-bond donors (Lipinski definition) is 3. The van der Waals surface area contributed by atoms with Crippen LogP contribution in [0.4, 0.5) is 10.2 Å². The van der Waals surface area contributed by atoms with Gasteiger partial charge in [-0.3, -0.25) is 9.36 Å². The molecule has 0 radical (unpaired) electrons. The van der Waals surface area contributed by atoms with Gasteiger partial charge in [0.15, 0.2) is 17.7 Å². The first-order chi connectivity index (χ1) is 14.7. The van der Waals surface area contributed by atoms with Gasteiger partial charge < -0.3 is 25.4 Å². The van der Waals surface area contributed by atoms with Gasteiger partial charge in [0, 0.05) is 6.42 Å². The Bertz CT molecular complexity index is 1060. The van der Waals surface area contributed by atoms with Gasteiger partial charge in [-0.25, -0.2) is 19.3 Å². The lowest BCUT2D eigenvalue weighted by Gasteiger charge is -2.30. The van der Waals surface area contributed by atoms with Gasteiger partial charge in [0.2, 0.25) is 17.3 Å². The molecule has 31 heavy (non-hydrogen) atoms. The zero-order valence-electron chi connectivity index (χ0n) is 17.0. The highest BCUT2D eigenvalue weighted by atomic mass is 19.2. The maximum atomic E-state index is 15.5. The van der Waals surface area contributed by atoms with Crippen molar-refractivity contribution in [2.45, 2.75) is 74.8 Å². The number of aliphatic hydroxyl groups is 2. The maximum Gasteiger partial charge on any atom is 0.306 e. The molecule has 1 aliphatic heterocycles. The topological polar surface area (TPSA) is 146 Å². The predicted molar refractivity (Wildman–Crippen MR) is 106 cm³/mol. The average molecular weight is 433 g/mol. The van der Waals surface area contributed by atoms with Crippen LogP contribution < -0.4 is 5.73 Å². The first-order valence-corrected chi connectivity index (χ1v) is 10.2. The third-order valence-electron chi connectivity index (χ3n) is 5.97. The van der Waals surface area contributed by atoms with Gasteiger partial charge in [-0.05, 0) is 6.42 Å². The van der Waals surface area contributed by atoms with Crippen molar-refractivity contribution in [2.24, 2.45) is 0 Å². The second-order valence-corrected chi connectivity index (χ2v) is 7.91. The van der Waals surface area contributed by atoms with E-state index >= 15 is 4.39 Å². The highest BCUT2D eigenvalue weighted by molar-refractivity contribution is 5.81. The molecule has 0 aromatic carbocycles. The van der Waals surface area contributed by atoms with E-state index in [1.165, 1.54) is 6.33 Å². The Morgan fingerprint density at radius 3 is 2.81 bits per heavy atom. The number of hydrogen-bond acceptors (Lipinski definition) is 9. The molecule has 0 amide bonds. The van der Waals surface area contributed by atoms with E-state index in [-0.39, 0.29) is 23.4 Å². The number of carbonyl (C=O) groups excluding carboxylic acids is 1. The second kappa shape index (κ2) is 7.40. The third kappa shape index (κ3) is 2.90. The molecule has 1 unspecified atom stereocenters. The number of unbranched alkanes of at least 4 members (excludes halogenated alkanes) is 4. The van der Waals surface area contributed by atoms with E-state index < -0.39 is 35.4 Å². The van der Waals surface area contributed by atoms with E-state index in [0.29, 0.717) is 6.42 Å². The molecule has 2 fully saturated rings. The summed E-state index contributed by atoms with van der Waals surface area (Å²) in [5, 5.41) is 22.0. The number of fused-ring (bicyclic) bond motifs is 2. The standard InChI is InChI=1S/C20H24FN5O5/c1-3-5-6-7-8-9-12(27)30-16-19(29)18(28,4-2)17(31-20(16,19)21)26-11-25-13-14(22)23-10-24-15(13)26/h2,10-11,16-17,28-29H,3,5-9H2,1H3,(H2,22,23,24)/t16?,17-,18+,19+,20-/m1/s1. The number of rotatable bonds is 8. The van der Waals surface area contributed by atoms with Crippen molar-refractivity contribution in [3.8, 4) is 12.3 Å². The number of nitrogens with zero attached hydrogens (tertiary/aromatic N) is 4. The van der Waals surface area contributed by atoms with Crippen LogP contribution in [0.1, 0.15) is 51.7 Å². The number of anilines is 1. The molecule has 0 spiro atoms. The molecule has 1 saturated carbocycles. The number of halogens is 1. The van der Waals surface area contributed by atoms with Crippen LogP contribution in [0, 0.1) is 12.3 Å². The number of alkyl halides is 1. The minimum atomic E-state index is -2.88. The van der Waals surface area contributed by atoms with Gasteiger partial charge in [-0.15, -0.1) is 6.42 Å². The predicted octanol–water partition coefficient (Wildman–Crippen LogP) is 0.984. The minimum absolute atomic E-state index is 0.0621. The van der Waals surface area contributed by atoms with Crippen LogP contribution in [-0.4, -0.2) is 58.9 Å². The van der Waals surface area contributed by atoms with Crippen molar-refractivity contribution in [2.75, 3.05) is 5.73 Å². The molecule has 0 bridgehead atoms. The van der Waals surface area contributed by atoms with Crippen LogP contribution in [0.2, 0.25) is 0 Å². The number of carbonyl (C=O) groups is 1. The molecule has 1 aliphatic carbocycles. The molecule has 5 atom stereocenters. The van der Waals surface area contributed by atoms with Crippen LogP contribution in [0.25, 0.3) is 11.2 Å². The molecule has 11 heteroatoms. The number of esters is 1. The molecule has 10 nitrogen and oxygen atoms in total. The summed E-state index contributed by atoms with van der Waals surface area (Å²) in [6.45, 7) is 2.08.